The van der Waals surface area contributed by atoms with E-state index in [2.05, 4.69) is 0 Å². The van der Waals surface area contributed by atoms with Gasteiger partial charge < -0.3 is 14.6 Å². The van der Waals surface area contributed by atoms with Crippen molar-refractivity contribution in [3.63, 3.8) is 0 Å². The van der Waals surface area contributed by atoms with Crippen molar-refractivity contribution in [1.82, 2.24) is 0 Å². The Balaban J connectivity index is 1.78. The molecule has 134 valence electrons. The number of benzene rings is 1. The summed E-state index contributed by atoms with van der Waals surface area (Å²) in [6.07, 6.45) is -7.89. The highest BCUT2D eigenvalue weighted by atomic mass is 19.4. The van der Waals surface area contributed by atoms with E-state index in [-0.39, 0.29) is 6.61 Å². The lowest BCUT2D eigenvalue weighted by Gasteiger charge is -2.21. The fourth-order valence-corrected chi connectivity index (χ4v) is 2.67. The van der Waals surface area contributed by atoms with E-state index in [1.54, 1.807) is 6.92 Å². The molecule has 1 fully saturated rings. The summed E-state index contributed by atoms with van der Waals surface area (Å²) in [5.41, 5.74) is 0.858. The Labute approximate surface area is 138 Å². The zero-order chi connectivity index (χ0) is 17.7. The number of rotatable bonds is 6. The SMILES string of the molecule is C[C@@H](C(=O)OCc1ccccc1)[C@H]1CC[C@@H](C[C@@H](O)C(F)(F)F)O1. The monoisotopic (exact) mass is 346 g/mol. The number of aliphatic hydroxyl groups is 1. The molecule has 24 heavy (non-hydrogen) atoms. The van der Waals surface area contributed by atoms with Gasteiger partial charge in [0, 0.05) is 6.42 Å². The Hall–Kier alpha value is -1.60. The van der Waals surface area contributed by atoms with Gasteiger partial charge in [-0.05, 0) is 25.3 Å². The first-order valence-corrected chi connectivity index (χ1v) is 7.88. The Morgan fingerprint density at radius 2 is 2.00 bits per heavy atom. The van der Waals surface area contributed by atoms with Crippen LogP contribution >= 0.6 is 0 Å². The molecule has 0 bridgehead atoms. The first-order chi connectivity index (χ1) is 11.3. The van der Waals surface area contributed by atoms with Gasteiger partial charge in [0.25, 0.3) is 0 Å². The normalized spacial score (nSPS) is 23.7. The molecule has 1 aliphatic rings. The lowest BCUT2D eigenvalue weighted by Crippen LogP contribution is -2.33. The van der Waals surface area contributed by atoms with Crippen molar-refractivity contribution in [2.75, 3.05) is 0 Å². The first-order valence-electron chi connectivity index (χ1n) is 7.88. The number of carbonyl (C=O) groups excluding carboxylic acids is 1. The van der Waals surface area contributed by atoms with Gasteiger partial charge in [0.15, 0.2) is 6.10 Å². The standard InChI is InChI=1S/C17H21F3O4/c1-11(16(22)23-10-12-5-3-2-4-6-12)14-8-7-13(24-14)9-15(21)17(18,19)20/h2-6,11,13-15,21H,7-10H2,1H3/t11-,13+,14-,15-/m1/s1. The van der Waals surface area contributed by atoms with E-state index in [0.717, 1.165) is 5.56 Å². The van der Waals surface area contributed by atoms with Crippen LogP contribution in [0.2, 0.25) is 0 Å². The molecule has 1 saturated heterocycles. The van der Waals surface area contributed by atoms with Crippen LogP contribution in [0.5, 0.6) is 0 Å². The second-order valence-electron chi connectivity index (χ2n) is 6.05. The van der Waals surface area contributed by atoms with Gasteiger partial charge in [-0.2, -0.15) is 13.2 Å². The molecule has 0 spiro atoms. The van der Waals surface area contributed by atoms with Gasteiger partial charge in [-0.15, -0.1) is 0 Å². The number of esters is 1. The highest BCUT2D eigenvalue weighted by Crippen LogP contribution is 2.32. The maximum atomic E-state index is 12.4. The van der Waals surface area contributed by atoms with Gasteiger partial charge in [-0.3, -0.25) is 4.79 Å². The summed E-state index contributed by atoms with van der Waals surface area (Å²) in [7, 11) is 0. The van der Waals surface area contributed by atoms with Gasteiger partial charge in [0.05, 0.1) is 18.1 Å². The van der Waals surface area contributed by atoms with Crippen LogP contribution in [-0.4, -0.2) is 35.6 Å². The number of ether oxygens (including phenoxy) is 2. The summed E-state index contributed by atoms with van der Waals surface area (Å²) < 4.78 is 47.8. The van der Waals surface area contributed by atoms with Gasteiger partial charge in [-0.25, -0.2) is 0 Å². The molecule has 0 unspecified atom stereocenters. The molecule has 1 aromatic rings. The average Bonchev–Trinajstić information content (AvgIpc) is 3.00. The molecule has 2 rings (SSSR count). The molecule has 0 amide bonds. The van der Waals surface area contributed by atoms with E-state index >= 15 is 0 Å². The van der Waals surface area contributed by atoms with Gasteiger partial charge in [0.1, 0.15) is 6.61 Å². The Morgan fingerprint density at radius 1 is 1.33 bits per heavy atom. The third-order valence-corrected chi connectivity index (χ3v) is 4.16. The summed E-state index contributed by atoms with van der Waals surface area (Å²) in [6, 6.07) is 9.19. The van der Waals surface area contributed by atoms with Crippen LogP contribution in [0.3, 0.4) is 0 Å². The van der Waals surface area contributed by atoms with E-state index in [1.807, 2.05) is 30.3 Å². The highest BCUT2D eigenvalue weighted by molar-refractivity contribution is 5.72. The van der Waals surface area contributed by atoms with E-state index in [9.17, 15) is 18.0 Å². The Morgan fingerprint density at radius 3 is 2.62 bits per heavy atom. The van der Waals surface area contributed by atoms with Crippen LogP contribution in [0.4, 0.5) is 13.2 Å². The molecular weight excluding hydrogens is 325 g/mol. The van der Waals surface area contributed by atoms with Crippen LogP contribution in [0, 0.1) is 5.92 Å². The van der Waals surface area contributed by atoms with Crippen molar-refractivity contribution in [2.24, 2.45) is 5.92 Å². The van der Waals surface area contributed by atoms with Crippen molar-refractivity contribution >= 4 is 5.97 Å². The van der Waals surface area contributed by atoms with E-state index in [0.29, 0.717) is 12.8 Å². The van der Waals surface area contributed by atoms with Crippen molar-refractivity contribution in [3.8, 4) is 0 Å². The minimum absolute atomic E-state index is 0.146. The second-order valence-corrected chi connectivity index (χ2v) is 6.05. The zero-order valence-corrected chi connectivity index (χ0v) is 13.3. The molecule has 0 aromatic heterocycles. The molecule has 7 heteroatoms. The predicted molar refractivity (Wildman–Crippen MR) is 80.0 cm³/mol. The lowest BCUT2D eigenvalue weighted by molar-refractivity contribution is -0.212. The zero-order valence-electron chi connectivity index (χ0n) is 13.3. The quantitative estimate of drug-likeness (QED) is 0.804. The van der Waals surface area contributed by atoms with E-state index < -0.39 is 42.8 Å². The Bertz CT molecular complexity index is 532. The number of alkyl halides is 3. The Kier molecular flexibility index (Phi) is 6.23. The lowest BCUT2D eigenvalue weighted by atomic mass is 10.0. The topological polar surface area (TPSA) is 55.8 Å². The van der Waals surface area contributed by atoms with Gasteiger partial charge in [0.2, 0.25) is 0 Å². The molecule has 4 atom stereocenters. The van der Waals surface area contributed by atoms with E-state index in [4.69, 9.17) is 14.6 Å². The number of halogens is 3. The maximum Gasteiger partial charge on any atom is 0.414 e. The number of carbonyl (C=O) groups is 1. The van der Waals surface area contributed by atoms with Gasteiger partial charge in [-0.1, -0.05) is 30.3 Å². The van der Waals surface area contributed by atoms with Crippen LogP contribution < -0.4 is 0 Å². The largest absolute Gasteiger partial charge is 0.461 e. The van der Waals surface area contributed by atoms with Crippen molar-refractivity contribution in [2.45, 2.75) is 57.3 Å². The molecule has 1 aliphatic heterocycles. The van der Waals surface area contributed by atoms with Crippen LogP contribution in [0.15, 0.2) is 30.3 Å². The average molecular weight is 346 g/mol. The maximum absolute atomic E-state index is 12.4. The third-order valence-electron chi connectivity index (χ3n) is 4.16. The summed E-state index contributed by atoms with van der Waals surface area (Å²) >= 11 is 0. The molecule has 4 nitrogen and oxygen atoms in total. The molecule has 1 aromatic carbocycles. The molecule has 1 heterocycles. The smallest absolute Gasteiger partial charge is 0.414 e. The first kappa shape index (κ1) is 18.7. The predicted octanol–water partition coefficient (Wildman–Crippen LogP) is 3.23. The summed E-state index contributed by atoms with van der Waals surface area (Å²) in [5, 5.41) is 9.09. The minimum atomic E-state index is -4.65. The van der Waals surface area contributed by atoms with Crippen molar-refractivity contribution in [1.29, 1.82) is 0 Å². The molecule has 0 saturated carbocycles. The molecular formula is C17H21F3O4. The fourth-order valence-electron chi connectivity index (χ4n) is 2.67. The van der Waals surface area contributed by atoms with Gasteiger partial charge >= 0.3 is 12.1 Å². The fraction of sp³-hybridized carbons (Fsp3) is 0.588. The molecule has 1 N–H and O–H groups in total. The summed E-state index contributed by atoms with van der Waals surface area (Å²) in [4.78, 5) is 12.1. The molecule has 0 aliphatic carbocycles. The minimum Gasteiger partial charge on any atom is -0.461 e. The number of hydrogen-bond acceptors (Lipinski definition) is 4. The number of aliphatic hydroxyl groups excluding tert-OH is 1. The summed E-state index contributed by atoms with van der Waals surface area (Å²) in [6.45, 7) is 1.79. The van der Waals surface area contributed by atoms with Crippen molar-refractivity contribution < 1.29 is 32.5 Å². The highest BCUT2D eigenvalue weighted by Gasteiger charge is 2.42. The van der Waals surface area contributed by atoms with Crippen LogP contribution in [-0.2, 0) is 20.9 Å². The van der Waals surface area contributed by atoms with Crippen molar-refractivity contribution in [3.05, 3.63) is 35.9 Å². The summed E-state index contributed by atoms with van der Waals surface area (Å²) in [5.74, 6) is -1.01. The van der Waals surface area contributed by atoms with Crippen LogP contribution in [0.1, 0.15) is 31.7 Å². The molecule has 0 radical (unpaired) electrons. The van der Waals surface area contributed by atoms with E-state index in [1.165, 1.54) is 0 Å². The second kappa shape index (κ2) is 7.98. The third kappa shape index (κ3) is 5.21. The van der Waals surface area contributed by atoms with Crippen LogP contribution in [0.25, 0.3) is 0 Å². The number of hydrogen-bond donors (Lipinski definition) is 1.